The smallest absolute Gasteiger partial charge is 0.255 e. The number of nitrogens with one attached hydrogen (secondary N) is 1. The van der Waals surface area contributed by atoms with Crippen LogP contribution < -0.4 is 0 Å². The van der Waals surface area contributed by atoms with Gasteiger partial charge in [-0.15, -0.1) is 0 Å². The third-order valence-electron chi connectivity index (χ3n) is 2.96. The molecule has 0 fully saturated rings. The minimum atomic E-state index is -0.129. The SMILES string of the molecule is CN(Cc1ncn[nH]1)C(=O)c1ccc(-n2ccnc2)nc1. The number of pyridine rings is 1. The van der Waals surface area contributed by atoms with Crippen LogP contribution in [0.15, 0.2) is 43.4 Å². The Balaban J connectivity index is 1.72. The summed E-state index contributed by atoms with van der Waals surface area (Å²) in [4.78, 5) is 26.0. The fourth-order valence-electron chi connectivity index (χ4n) is 1.88. The van der Waals surface area contributed by atoms with E-state index in [1.54, 1.807) is 53.6 Å². The van der Waals surface area contributed by atoms with Crippen LogP contribution in [0.2, 0.25) is 0 Å². The second-order valence-corrected chi connectivity index (χ2v) is 4.47. The quantitative estimate of drug-likeness (QED) is 0.759. The molecule has 0 saturated heterocycles. The molecule has 21 heavy (non-hydrogen) atoms. The zero-order chi connectivity index (χ0) is 14.7. The van der Waals surface area contributed by atoms with Crippen LogP contribution in [0.5, 0.6) is 0 Å². The van der Waals surface area contributed by atoms with E-state index >= 15 is 0 Å². The lowest BCUT2D eigenvalue weighted by Crippen LogP contribution is -2.26. The zero-order valence-electron chi connectivity index (χ0n) is 11.3. The van der Waals surface area contributed by atoms with Crippen LogP contribution in [0, 0.1) is 0 Å². The van der Waals surface area contributed by atoms with Gasteiger partial charge in [0.1, 0.15) is 24.3 Å². The summed E-state index contributed by atoms with van der Waals surface area (Å²) < 4.78 is 1.77. The lowest BCUT2D eigenvalue weighted by molar-refractivity contribution is 0.0781. The van der Waals surface area contributed by atoms with Gasteiger partial charge < -0.3 is 4.90 Å². The molecular formula is C13H13N7O. The van der Waals surface area contributed by atoms with Crippen molar-refractivity contribution < 1.29 is 4.79 Å². The van der Waals surface area contributed by atoms with Gasteiger partial charge in [0.05, 0.1) is 12.1 Å². The summed E-state index contributed by atoms with van der Waals surface area (Å²) in [6, 6.07) is 3.51. The van der Waals surface area contributed by atoms with Crippen LogP contribution >= 0.6 is 0 Å². The Kier molecular flexibility index (Phi) is 3.42. The van der Waals surface area contributed by atoms with Crippen LogP contribution in [-0.4, -0.2) is 47.6 Å². The first-order valence-electron chi connectivity index (χ1n) is 6.28. The lowest BCUT2D eigenvalue weighted by Gasteiger charge is -2.15. The fourth-order valence-corrected chi connectivity index (χ4v) is 1.88. The number of carbonyl (C=O) groups excluding carboxylic acids is 1. The minimum absolute atomic E-state index is 0.129. The fraction of sp³-hybridized carbons (Fsp3) is 0.154. The van der Waals surface area contributed by atoms with Crippen LogP contribution in [-0.2, 0) is 6.54 Å². The summed E-state index contributed by atoms with van der Waals surface area (Å²) in [5, 5.41) is 6.47. The van der Waals surface area contributed by atoms with Gasteiger partial charge in [-0.05, 0) is 12.1 Å². The Hall–Kier alpha value is -3.03. The summed E-state index contributed by atoms with van der Waals surface area (Å²) in [5.41, 5.74) is 0.515. The molecule has 0 aliphatic rings. The van der Waals surface area contributed by atoms with E-state index in [-0.39, 0.29) is 5.91 Å². The largest absolute Gasteiger partial charge is 0.334 e. The Morgan fingerprint density at radius 2 is 2.29 bits per heavy atom. The van der Waals surface area contributed by atoms with Crippen molar-refractivity contribution in [2.45, 2.75) is 6.54 Å². The van der Waals surface area contributed by atoms with Crippen molar-refractivity contribution in [1.82, 2.24) is 34.6 Å². The van der Waals surface area contributed by atoms with Crippen molar-refractivity contribution in [3.8, 4) is 5.82 Å². The number of H-pyrrole nitrogens is 1. The summed E-state index contributed by atoms with van der Waals surface area (Å²) in [6.45, 7) is 0.363. The Bertz CT molecular complexity index is 704. The maximum atomic E-state index is 12.3. The van der Waals surface area contributed by atoms with Crippen molar-refractivity contribution >= 4 is 5.91 Å². The number of amides is 1. The van der Waals surface area contributed by atoms with Crippen molar-refractivity contribution in [3.05, 3.63) is 54.8 Å². The third kappa shape index (κ3) is 2.78. The monoisotopic (exact) mass is 283 g/mol. The molecule has 0 aliphatic carbocycles. The standard InChI is InChI=1S/C13H13N7O/c1-19(7-11-16-8-17-18-11)13(21)10-2-3-12(15-6-10)20-5-4-14-9-20/h2-6,8-9H,7H2,1H3,(H,16,17,18). The molecule has 3 rings (SSSR count). The Labute approximate surface area is 120 Å². The van der Waals surface area contributed by atoms with Crippen molar-refractivity contribution in [2.24, 2.45) is 0 Å². The number of carbonyl (C=O) groups is 1. The first-order valence-corrected chi connectivity index (χ1v) is 6.28. The van der Waals surface area contributed by atoms with Gasteiger partial charge in [0.15, 0.2) is 0 Å². The van der Waals surface area contributed by atoms with Gasteiger partial charge in [-0.1, -0.05) is 0 Å². The molecule has 3 heterocycles. The molecule has 0 atom stereocenters. The van der Waals surface area contributed by atoms with Gasteiger partial charge >= 0.3 is 0 Å². The zero-order valence-corrected chi connectivity index (χ0v) is 11.3. The molecule has 3 aromatic heterocycles. The van der Waals surface area contributed by atoms with E-state index in [9.17, 15) is 4.79 Å². The molecular weight excluding hydrogens is 270 g/mol. The molecule has 8 nitrogen and oxygen atoms in total. The molecule has 3 aromatic rings. The molecule has 0 radical (unpaired) electrons. The number of nitrogens with zero attached hydrogens (tertiary/aromatic N) is 6. The predicted molar refractivity (Wildman–Crippen MR) is 73.5 cm³/mol. The summed E-state index contributed by atoms with van der Waals surface area (Å²) in [7, 11) is 1.70. The van der Waals surface area contributed by atoms with Gasteiger partial charge in [-0.25, -0.2) is 15.0 Å². The second kappa shape index (κ2) is 5.53. The second-order valence-electron chi connectivity index (χ2n) is 4.47. The van der Waals surface area contributed by atoms with E-state index in [1.807, 2.05) is 0 Å². The van der Waals surface area contributed by atoms with E-state index in [2.05, 4.69) is 25.1 Å². The Morgan fingerprint density at radius 1 is 1.38 bits per heavy atom. The van der Waals surface area contributed by atoms with Gasteiger partial charge in [0.25, 0.3) is 5.91 Å². The van der Waals surface area contributed by atoms with E-state index < -0.39 is 0 Å². The molecule has 0 saturated carbocycles. The lowest BCUT2D eigenvalue weighted by atomic mass is 10.2. The number of hydrogen-bond donors (Lipinski definition) is 1. The molecule has 8 heteroatoms. The van der Waals surface area contributed by atoms with Crippen LogP contribution in [0.3, 0.4) is 0 Å². The summed E-state index contributed by atoms with van der Waals surface area (Å²) in [6.07, 6.45) is 8.08. The molecule has 0 bridgehead atoms. The number of rotatable bonds is 4. The predicted octanol–water partition coefficient (Wildman–Crippen LogP) is 0.658. The van der Waals surface area contributed by atoms with E-state index in [0.29, 0.717) is 23.8 Å². The highest BCUT2D eigenvalue weighted by Crippen LogP contribution is 2.08. The normalized spacial score (nSPS) is 10.5. The number of imidazole rings is 1. The molecule has 0 aromatic carbocycles. The topological polar surface area (TPSA) is 92.6 Å². The number of aromatic nitrogens is 6. The van der Waals surface area contributed by atoms with Gasteiger partial charge in [-0.2, -0.15) is 5.10 Å². The molecule has 106 valence electrons. The van der Waals surface area contributed by atoms with Crippen LogP contribution in [0.4, 0.5) is 0 Å². The minimum Gasteiger partial charge on any atom is -0.334 e. The van der Waals surface area contributed by atoms with Crippen molar-refractivity contribution in [1.29, 1.82) is 0 Å². The van der Waals surface area contributed by atoms with Gasteiger partial charge in [0, 0.05) is 25.6 Å². The van der Waals surface area contributed by atoms with E-state index in [0.717, 1.165) is 0 Å². The first-order chi connectivity index (χ1) is 10.2. The average molecular weight is 283 g/mol. The van der Waals surface area contributed by atoms with Crippen LogP contribution in [0.1, 0.15) is 16.2 Å². The highest BCUT2D eigenvalue weighted by Gasteiger charge is 2.13. The summed E-state index contributed by atoms with van der Waals surface area (Å²) >= 11 is 0. The molecule has 0 unspecified atom stereocenters. The summed E-state index contributed by atoms with van der Waals surface area (Å²) in [5.74, 6) is 1.21. The average Bonchev–Trinajstić information content (AvgIpc) is 3.20. The molecule has 1 N–H and O–H groups in total. The third-order valence-corrected chi connectivity index (χ3v) is 2.96. The highest BCUT2D eigenvalue weighted by atomic mass is 16.2. The maximum absolute atomic E-state index is 12.3. The van der Waals surface area contributed by atoms with E-state index in [4.69, 9.17) is 0 Å². The maximum Gasteiger partial charge on any atom is 0.255 e. The first kappa shape index (κ1) is 13.0. The Morgan fingerprint density at radius 3 is 2.90 bits per heavy atom. The highest BCUT2D eigenvalue weighted by molar-refractivity contribution is 5.93. The molecule has 1 amide bonds. The number of hydrogen-bond acceptors (Lipinski definition) is 5. The number of aromatic amines is 1. The van der Waals surface area contributed by atoms with Crippen molar-refractivity contribution in [2.75, 3.05) is 7.05 Å². The van der Waals surface area contributed by atoms with Gasteiger partial charge in [-0.3, -0.25) is 14.5 Å². The van der Waals surface area contributed by atoms with Crippen molar-refractivity contribution in [3.63, 3.8) is 0 Å². The van der Waals surface area contributed by atoms with E-state index in [1.165, 1.54) is 6.33 Å². The van der Waals surface area contributed by atoms with Gasteiger partial charge in [0.2, 0.25) is 0 Å². The molecule has 0 aliphatic heterocycles. The molecule has 0 spiro atoms. The van der Waals surface area contributed by atoms with Crippen LogP contribution in [0.25, 0.3) is 5.82 Å².